The van der Waals surface area contributed by atoms with Gasteiger partial charge in [0.2, 0.25) is 0 Å². The van der Waals surface area contributed by atoms with E-state index in [1.807, 2.05) is 17.0 Å². The first-order valence-electron chi connectivity index (χ1n) is 11.0. The lowest BCUT2D eigenvalue weighted by Gasteiger charge is -2.27. The van der Waals surface area contributed by atoms with Crippen LogP contribution in [0.3, 0.4) is 0 Å². The normalized spacial score (nSPS) is 20.4. The first-order chi connectivity index (χ1) is 13.7. The largest absolute Gasteiger partial charge is 0.370 e. The van der Waals surface area contributed by atoms with Crippen molar-refractivity contribution in [3.05, 3.63) is 23.8 Å². The molecule has 28 heavy (non-hydrogen) atoms. The Morgan fingerprint density at radius 1 is 0.929 bits per heavy atom. The second-order valence-corrected chi connectivity index (χ2v) is 8.77. The molecule has 0 aromatic heterocycles. The first kappa shape index (κ1) is 19.5. The maximum atomic E-state index is 12.9. The van der Waals surface area contributed by atoms with Crippen LogP contribution >= 0.6 is 12.2 Å². The Kier molecular flexibility index (Phi) is 6.35. The average Bonchev–Trinajstić information content (AvgIpc) is 3.42. The van der Waals surface area contributed by atoms with E-state index < -0.39 is 0 Å². The lowest BCUT2D eigenvalue weighted by Crippen LogP contribution is -2.39. The van der Waals surface area contributed by atoms with Crippen molar-refractivity contribution in [1.29, 1.82) is 0 Å². The number of benzene rings is 1. The average molecular weight is 401 g/mol. The van der Waals surface area contributed by atoms with Crippen LogP contribution in [0.15, 0.2) is 18.2 Å². The highest BCUT2D eigenvalue weighted by molar-refractivity contribution is 7.80. The van der Waals surface area contributed by atoms with Gasteiger partial charge in [-0.2, -0.15) is 0 Å². The molecule has 3 aliphatic rings. The molecule has 3 fully saturated rings. The van der Waals surface area contributed by atoms with Crippen molar-refractivity contribution in [2.45, 2.75) is 63.8 Å². The number of amides is 1. The van der Waals surface area contributed by atoms with Crippen LogP contribution in [0.4, 0.5) is 11.4 Å². The highest BCUT2D eigenvalue weighted by Gasteiger charge is 2.23. The Labute approximate surface area is 173 Å². The monoisotopic (exact) mass is 400 g/mol. The molecule has 0 radical (unpaired) electrons. The number of carbonyl (C=O) groups is 1. The van der Waals surface area contributed by atoms with E-state index >= 15 is 0 Å². The van der Waals surface area contributed by atoms with Gasteiger partial charge >= 0.3 is 0 Å². The summed E-state index contributed by atoms with van der Waals surface area (Å²) in [6, 6.07) is 6.55. The third-order valence-corrected chi connectivity index (χ3v) is 6.49. The Bertz CT molecular complexity index is 704. The minimum Gasteiger partial charge on any atom is -0.370 e. The van der Waals surface area contributed by atoms with Crippen LogP contribution < -0.4 is 15.5 Å². The quantitative estimate of drug-likeness (QED) is 0.744. The molecular weight excluding hydrogens is 368 g/mol. The smallest absolute Gasteiger partial charge is 0.253 e. The van der Waals surface area contributed by atoms with Crippen LogP contribution in [0.2, 0.25) is 0 Å². The standard InChI is InChI=1S/C22H32N4OS/c27-21(26-14-6-7-15-26)17-10-11-20(25-12-4-5-13-25)19(16-17)24-22(28)23-18-8-2-1-3-9-18/h10-11,16,18H,1-9,12-15H2,(H2,23,24,28). The van der Waals surface area contributed by atoms with E-state index in [0.717, 1.165) is 56.0 Å². The summed E-state index contributed by atoms with van der Waals surface area (Å²) in [5.74, 6) is 0.139. The molecule has 152 valence electrons. The molecule has 0 unspecified atom stereocenters. The molecule has 1 amide bonds. The summed E-state index contributed by atoms with van der Waals surface area (Å²) in [7, 11) is 0. The van der Waals surface area contributed by atoms with Gasteiger partial charge < -0.3 is 20.4 Å². The molecule has 5 nitrogen and oxygen atoms in total. The van der Waals surface area contributed by atoms with E-state index in [2.05, 4.69) is 21.6 Å². The summed E-state index contributed by atoms with van der Waals surface area (Å²) in [5, 5.41) is 7.60. The van der Waals surface area contributed by atoms with Crippen LogP contribution in [0, 0.1) is 0 Å². The molecule has 1 aromatic rings. The summed E-state index contributed by atoms with van der Waals surface area (Å²) in [4.78, 5) is 17.2. The number of likely N-dealkylation sites (tertiary alicyclic amines) is 1. The predicted octanol–water partition coefficient (Wildman–Crippen LogP) is 4.14. The highest BCUT2D eigenvalue weighted by atomic mass is 32.1. The van der Waals surface area contributed by atoms with Crippen molar-refractivity contribution in [3.63, 3.8) is 0 Å². The maximum Gasteiger partial charge on any atom is 0.253 e. The summed E-state index contributed by atoms with van der Waals surface area (Å²) >= 11 is 5.63. The molecule has 2 aliphatic heterocycles. The topological polar surface area (TPSA) is 47.6 Å². The zero-order chi connectivity index (χ0) is 19.3. The Hall–Kier alpha value is -1.82. The Balaban J connectivity index is 1.51. The van der Waals surface area contributed by atoms with Crippen molar-refractivity contribution < 1.29 is 4.79 Å². The van der Waals surface area contributed by atoms with Gasteiger partial charge in [-0.3, -0.25) is 4.79 Å². The SMILES string of the molecule is O=C(c1ccc(N2CCCC2)c(NC(=S)NC2CCCCC2)c1)N1CCCC1. The van der Waals surface area contributed by atoms with Gasteiger partial charge in [-0.15, -0.1) is 0 Å². The second kappa shape index (κ2) is 9.12. The van der Waals surface area contributed by atoms with Crippen LogP contribution in [-0.4, -0.2) is 48.1 Å². The summed E-state index contributed by atoms with van der Waals surface area (Å²) in [6.07, 6.45) is 10.9. The molecule has 1 saturated carbocycles. The van der Waals surface area contributed by atoms with Gasteiger partial charge in [0, 0.05) is 37.8 Å². The van der Waals surface area contributed by atoms with E-state index in [9.17, 15) is 4.79 Å². The lowest BCUT2D eigenvalue weighted by atomic mass is 9.96. The van der Waals surface area contributed by atoms with Gasteiger partial charge in [0.05, 0.1) is 11.4 Å². The fourth-order valence-electron chi connectivity index (χ4n) is 4.70. The van der Waals surface area contributed by atoms with Crippen LogP contribution in [0.1, 0.15) is 68.1 Å². The first-order valence-corrected chi connectivity index (χ1v) is 11.4. The van der Waals surface area contributed by atoms with E-state index in [-0.39, 0.29) is 5.91 Å². The summed E-state index contributed by atoms with van der Waals surface area (Å²) < 4.78 is 0. The van der Waals surface area contributed by atoms with Gasteiger partial charge in [0.15, 0.2) is 5.11 Å². The minimum atomic E-state index is 0.139. The maximum absolute atomic E-state index is 12.9. The fourth-order valence-corrected chi connectivity index (χ4v) is 4.97. The zero-order valence-corrected chi connectivity index (χ0v) is 17.5. The highest BCUT2D eigenvalue weighted by Crippen LogP contribution is 2.31. The van der Waals surface area contributed by atoms with Crippen LogP contribution in [0.25, 0.3) is 0 Å². The molecule has 6 heteroatoms. The van der Waals surface area contributed by atoms with Gasteiger partial charge in [-0.1, -0.05) is 19.3 Å². The second-order valence-electron chi connectivity index (χ2n) is 8.36. The fraction of sp³-hybridized carbons (Fsp3) is 0.636. The lowest BCUT2D eigenvalue weighted by molar-refractivity contribution is 0.0793. The summed E-state index contributed by atoms with van der Waals surface area (Å²) in [6.45, 7) is 3.88. The molecule has 2 heterocycles. The Morgan fingerprint density at radius 3 is 2.32 bits per heavy atom. The molecule has 2 N–H and O–H groups in total. The van der Waals surface area contributed by atoms with Crippen molar-refractivity contribution in [1.82, 2.24) is 10.2 Å². The van der Waals surface area contributed by atoms with Crippen LogP contribution in [-0.2, 0) is 0 Å². The molecule has 4 rings (SSSR count). The summed E-state index contributed by atoms with van der Waals surface area (Å²) in [5.41, 5.74) is 2.87. The van der Waals surface area contributed by atoms with Gasteiger partial charge in [-0.25, -0.2) is 0 Å². The number of rotatable bonds is 4. The van der Waals surface area contributed by atoms with Gasteiger partial charge in [0.25, 0.3) is 5.91 Å². The molecule has 0 bridgehead atoms. The number of thiocarbonyl (C=S) groups is 1. The third-order valence-electron chi connectivity index (χ3n) is 6.27. The van der Waals surface area contributed by atoms with Crippen molar-refractivity contribution >= 4 is 34.6 Å². The number of hydrogen-bond acceptors (Lipinski definition) is 3. The van der Waals surface area contributed by atoms with Crippen molar-refractivity contribution in [3.8, 4) is 0 Å². The number of nitrogens with one attached hydrogen (secondary N) is 2. The number of nitrogens with zero attached hydrogens (tertiary/aromatic N) is 2. The molecule has 0 spiro atoms. The number of carbonyl (C=O) groups excluding carboxylic acids is 1. The van der Waals surface area contributed by atoms with E-state index in [4.69, 9.17) is 12.2 Å². The zero-order valence-electron chi connectivity index (χ0n) is 16.7. The number of hydrogen-bond donors (Lipinski definition) is 2. The predicted molar refractivity (Wildman–Crippen MR) is 119 cm³/mol. The van der Waals surface area contributed by atoms with E-state index in [0.29, 0.717) is 11.2 Å². The van der Waals surface area contributed by atoms with E-state index in [1.54, 1.807) is 0 Å². The number of anilines is 2. The molecule has 1 aromatic carbocycles. The molecule has 0 atom stereocenters. The third kappa shape index (κ3) is 4.59. The molecular formula is C22H32N4OS. The minimum absolute atomic E-state index is 0.139. The van der Waals surface area contributed by atoms with E-state index in [1.165, 1.54) is 44.9 Å². The van der Waals surface area contributed by atoms with Crippen LogP contribution in [0.5, 0.6) is 0 Å². The van der Waals surface area contributed by atoms with Crippen molar-refractivity contribution in [2.24, 2.45) is 0 Å². The molecule has 2 saturated heterocycles. The van der Waals surface area contributed by atoms with Gasteiger partial charge in [0.1, 0.15) is 0 Å². The molecule has 1 aliphatic carbocycles. The van der Waals surface area contributed by atoms with Gasteiger partial charge in [-0.05, 0) is 68.9 Å². The van der Waals surface area contributed by atoms with Crippen molar-refractivity contribution in [2.75, 3.05) is 36.4 Å². The Morgan fingerprint density at radius 2 is 1.61 bits per heavy atom.